The normalized spacial score (nSPS) is 11.2. The third-order valence-corrected chi connectivity index (χ3v) is 5.24. The number of benzene rings is 2. The fraction of sp³-hybridized carbons (Fsp3) is 0.240. The lowest BCUT2D eigenvalue weighted by Crippen LogP contribution is -2.36. The first kappa shape index (κ1) is 20.8. The summed E-state index contributed by atoms with van der Waals surface area (Å²) in [5, 5.41) is 4.75. The van der Waals surface area contributed by atoms with Crippen LogP contribution in [0.25, 0.3) is 22.4 Å². The maximum Gasteiger partial charge on any atom is 0.259 e. The van der Waals surface area contributed by atoms with Crippen molar-refractivity contribution in [3.8, 4) is 11.3 Å². The summed E-state index contributed by atoms with van der Waals surface area (Å²) in [6.07, 6.45) is 0. The fourth-order valence-electron chi connectivity index (χ4n) is 3.57. The number of aromatic nitrogens is 2. The predicted octanol–water partition coefficient (Wildman–Crippen LogP) is 4.40. The van der Waals surface area contributed by atoms with Crippen molar-refractivity contribution in [1.29, 1.82) is 0 Å². The molecular formula is C25H26N4O2. The summed E-state index contributed by atoms with van der Waals surface area (Å²) in [7, 11) is 4.01. The van der Waals surface area contributed by atoms with Crippen molar-refractivity contribution < 1.29 is 9.32 Å². The van der Waals surface area contributed by atoms with E-state index in [1.807, 2.05) is 92.6 Å². The van der Waals surface area contributed by atoms with E-state index < -0.39 is 0 Å². The van der Waals surface area contributed by atoms with Gasteiger partial charge in [-0.25, -0.2) is 4.98 Å². The van der Waals surface area contributed by atoms with Gasteiger partial charge in [0.05, 0.1) is 22.3 Å². The van der Waals surface area contributed by atoms with E-state index in [9.17, 15) is 4.79 Å². The summed E-state index contributed by atoms with van der Waals surface area (Å²) in [5.41, 5.74) is 4.32. The zero-order valence-corrected chi connectivity index (χ0v) is 18.1. The minimum Gasteiger partial charge on any atom is -0.335 e. The molecule has 0 fully saturated rings. The van der Waals surface area contributed by atoms with Gasteiger partial charge in [-0.05, 0) is 32.6 Å². The molecule has 2 aromatic heterocycles. The number of likely N-dealkylation sites (N-methyl/N-ethyl adjacent to an activating group) is 1. The SMILES string of the molecule is Cc1noc2nc(-c3ccccc3)cc(C(=O)N(CCN(C)C)Cc3ccccc3)c12. The molecule has 0 N–H and O–H groups in total. The van der Waals surface area contributed by atoms with Gasteiger partial charge < -0.3 is 14.3 Å². The minimum absolute atomic E-state index is 0.0541. The minimum atomic E-state index is -0.0541. The highest BCUT2D eigenvalue weighted by molar-refractivity contribution is 6.07. The van der Waals surface area contributed by atoms with Crippen LogP contribution in [0.1, 0.15) is 21.6 Å². The second kappa shape index (κ2) is 9.10. The molecule has 4 rings (SSSR count). The second-order valence-electron chi connectivity index (χ2n) is 7.88. The number of amides is 1. The van der Waals surface area contributed by atoms with Crippen molar-refractivity contribution in [2.24, 2.45) is 0 Å². The molecule has 158 valence electrons. The molecule has 4 aromatic rings. The third kappa shape index (κ3) is 4.64. The molecule has 6 nitrogen and oxygen atoms in total. The Morgan fingerprint density at radius 2 is 1.65 bits per heavy atom. The lowest BCUT2D eigenvalue weighted by atomic mass is 10.0. The van der Waals surface area contributed by atoms with Crippen LogP contribution in [0, 0.1) is 6.92 Å². The highest BCUT2D eigenvalue weighted by Gasteiger charge is 2.24. The number of fused-ring (bicyclic) bond motifs is 1. The largest absolute Gasteiger partial charge is 0.335 e. The van der Waals surface area contributed by atoms with E-state index in [1.54, 1.807) is 0 Å². The molecule has 0 aliphatic rings. The van der Waals surface area contributed by atoms with Gasteiger partial charge in [-0.2, -0.15) is 0 Å². The molecule has 31 heavy (non-hydrogen) atoms. The summed E-state index contributed by atoms with van der Waals surface area (Å²) in [5.74, 6) is -0.0541. The van der Waals surface area contributed by atoms with E-state index in [0.29, 0.717) is 41.1 Å². The molecule has 0 saturated heterocycles. The van der Waals surface area contributed by atoms with E-state index in [0.717, 1.165) is 17.7 Å². The molecule has 0 aliphatic heterocycles. The highest BCUT2D eigenvalue weighted by Crippen LogP contribution is 2.28. The number of carbonyl (C=O) groups is 1. The van der Waals surface area contributed by atoms with Gasteiger partial charge in [-0.3, -0.25) is 4.79 Å². The van der Waals surface area contributed by atoms with Gasteiger partial charge in [0.2, 0.25) is 0 Å². The number of nitrogens with zero attached hydrogens (tertiary/aromatic N) is 4. The van der Waals surface area contributed by atoms with Gasteiger partial charge in [0.25, 0.3) is 11.6 Å². The van der Waals surface area contributed by atoms with Crippen LogP contribution in [0.2, 0.25) is 0 Å². The van der Waals surface area contributed by atoms with Crippen LogP contribution in [-0.4, -0.2) is 53.0 Å². The molecule has 0 bridgehead atoms. The summed E-state index contributed by atoms with van der Waals surface area (Å²) >= 11 is 0. The maximum absolute atomic E-state index is 13.8. The van der Waals surface area contributed by atoms with E-state index in [2.05, 4.69) is 15.0 Å². The van der Waals surface area contributed by atoms with Crippen LogP contribution >= 0.6 is 0 Å². The molecule has 2 aromatic carbocycles. The quantitative estimate of drug-likeness (QED) is 0.448. The van der Waals surface area contributed by atoms with Gasteiger partial charge in [0.1, 0.15) is 0 Å². The Kier molecular flexibility index (Phi) is 6.09. The molecule has 1 amide bonds. The Balaban J connectivity index is 1.78. The predicted molar refractivity (Wildman–Crippen MR) is 122 cm³/mol. The molecule has 0 saturated carbocycles. The fourth-order valence-corrected chi connectivity index (χ4v) is 3.57. The molecule has 6 heteroatoms. The Hall–Kier alpha value is -3.51. The van der Waals surface area contributed by atoms with Gasteiger partial charge in [-0.15, -0.1) is 0 Å². The average Bonchev–Trinajstić information content (AvgIpc) is 3.17. The number of aryl methyl sites for hydroxylation is 1. The smallest absolute Gasteiger partial charge is 0.259 e. The van der Waals surface area contributed by atoms with E-state index in [4.69, 9.17) is 4.52 Å². The lowest BCUT2D eigenvalue weighted by molar-refractivity contribution is 0.0734. The van der Waals surface area contributed by atoms with Gasteiger partial charge in [0, 0.05) is 25.2 Å². The van der Waals surface area contributed by atoms with E-state index in [1.165, 1.54) is 0 Å². The molecule has 2 heterocycles. The molecule has 0 unspecified atom stereocenters. The average molecular weight is 415 g/mol. The third-order valence-electron chi connectivity index (χ3n) is 5.24. The Morgan fingerprint density at radius 1 is 0.968 bits per heavy atom. The van der Waals surface area contributed by atoms with Crippen LogP contribution in [0.15, 0.2) is 71.3 Å². The van der Waals surface area contributed by atoms with Crippen molar-refractivity contribution in [2.75, 3.05) is 27.2 Å². The number of pyridine rings is 1. The monoisotopic (exact) mass is 414 g/mol. The highest BCUT2D eigenvalue weighted by atomic mass is 16.5. The van der Waals surface area contributed by atoms with Crippen molar-refractivity contribution in [3.05, 3.63) is 83.6 Å². The lowest BCUT2D eigenvalue weighted by Gasteiger charge is -2.25. The Labute approximate surface area is 182 Å². The van der Waals surface area contributed by atoms with Crippen LogP contribution in [0.3, 0.4) is 0 Å². The van der Waals surface area contributed by atoms with E-state index in [-0.39, 0.29) is 5.91 Å². The van der Waals surface area contributed by atoms with Crippen LogP contribution in [-0.2, 0) is 6.54 Å². The van der Waals surface area contributed by atoms with Crippen molar-refractivity contribution >= 4 is 17.0 Å². The summed E-state index contributed by atoms with van der Waals surface area (Å²) in [6, 6.07) is 21.7. The Morgan fingerprint density at radius 3 is 2.32 bits per heavy atom. The maximum atomic E-state index is 13.8. The zero-order chi connectivity index (χ0) is 21.8. The second-order valence-corrected chi connectivity index (χ2v) is 7.88. The summed E-state index contributed by atoms with van der Waals surface area (Å²) < 4.78 is 5.46. The first-order valence-electron chi connectivity index (χ1n) is 10.3. The van der Waals surface area contributed by atoms with Crippen molar-refractivity contribution in [2.45, 2.75) is 13.5 Å². The van der Waals surface area contributed by atoms with Crippen molar-refractivity contribution in [1.82, 2.24) is 19.9 Å². The molecule has 0 atom stereocenters. The topological polar surface area (TPSA) is 62.5 Å². The first-order valence-corrected chi connectivity index (χ1v) is 10.3. The summed E-state index contributed by atoms with van der Waals surface area (Å²) in [6.45, 7) is 3.74. The molecule has 0 spiro atoms. The zero-order valence-electron chi connectivity index (χ0n) is 18.1. The van der Waals surface area contributed by atoms with Gasteiger partial charge in [-0.1, -0.05) is 65.8 Å². The van der Waals surface area contributed by atoms with Crippen LogP contribution in [0.4, 0.5) is 0 Å². The molecule has 0 radical (unpaired) electrons. The Bertz CT molecular complexity index is 1170. The first-order chi connectivity index (χ1) is 15.0. The number of hydrogen-bond acceptors (Lipinski definition) is 5. The standard InChI is InChI=1S/C25H26N4O2/c1-18-23-21(16-22(26-24(23)31-27-18)20-12-8-5-9-13-20)25(30)29(15-14-28(2)3)17-19-10-6-4-7-11-19/h4-13,16H,14-15,17H2,1-3H3. The van der Waals surface area contributed by atoms with Gasteiger partial charge >= 0.3 is 0 Å². The van der Waals surface area contributed by atoms with Crippen LogP contribution < -0.4 is 0 Å². The van der Waals surface area contributed by atoms with Gasteiger partial charge in [0.15, 0.2) is 0 Å². The van der Waals surface area contributed by atoms with Crippen molar-refractivity contribution in [3.63, 3.8) is 0 Å². The number of carbonyl (C=O) groups excluding carboxylic acids is 1. The number of hydrogen-bond donors (Lipinski definition) is 0. The molecule has 0 aliphatic carbocycles. The molecular weight excluding hydrogens is 388 g/mol. The van der Waals surface area contributed by atoms with E-state index >= 15 is 0 Å². The number of rotatable bonds is 7. The van der Waals surface area contributed by atoms with Crippen LogP contribution in [0.5, 0.6) is 0 Å². The summed E-state index contributed by atoms with van der Waals surface area (Å²) in [4.78, 5) is 22.4.